The van der Waals surface area contributed by atoms with E-state index in [1.54, 1.807) is 6.20 Å². The van der Waals surface area contributed by atoms with Gasteiger partial charge in [0.2, 0.25) is 5.91 Å². The summed E-state index contributed by atoms with van der Waals surface area (Å²) in [6.45, 7) is 10.7. The van der Waals surface area contributed by atoms with Crippen molar-refractivity contribution in [2.75, 3.05) is 29.9 Å². The van der Waals surface area contributed by atoms with Gasteiger partial charge in [-0.05, 0) is 100 Å². The second kappa shape index (κ2) is 11.9. The largest absolute Gasteiger partial charge is 0.372 e. The van der Waals surface area contributed by atoms with Crippen molar-refractivity contribution in [3.63, 3.8) is 0 Å². The number of benzene rings is 2. The number of amides is 1. The number of aryl methyl sites for hydroxylation is 1. The van der Waals surface area contributed by atoms with Crippen LogP contribution in [0.3, 0.4) is 0 Å². The Morgan fingerprint density at radius 3 is 2.35 bits per heavy atom. The number of pyridine rings is 1. The van der Waals surface area contributed by atoms with E-state index >= 15 is 0 Å². The average Bonchev–Trinajstić information content (AvgIpc) is 3.45. The first-order valence-electron chi connectivity index (χ1n) is 13.8. The Hall–Kier alpha value is -4.17. The van der Waals surface area contributed by atoms with Crippen molar-refractivity contribution < 1.29 is 4.79 Å². The molecule has 0 unspecified atom stereocenters. The van der Waals surface area contributed by atoms with E-state index in [9.17, 15) is 4.79 Å². The van der Waals surface area contributed by atoms with Crippen LogP contribution in [0.25, 0.3) is 5.69 Å². The zero-order valence-electron chi connectivity index (χ0n) is 23.5. The van der Waals surface area contributed by atoms with E-state index in [0.717, 1.165) is 47.1 Å². The second-order valence-electron chi connectivity index (χ2n) is 10.0. The molecule has 5 rings (SSSR count). The topological polar surface area (TPSA) is 65.4 Å². The van der Waals surface area contributed by atoms with E-state index < -0.39 is 0 Å². The second-order valence-corrected chi connectivity index (χ2v) is 10.4. The summed E-state index contributed by atoms with van der Waals surface area (Å²) in [4.78, 5) is 22.2. The van der Waals surface area contributed by atoms with Crippen LogP contribution in [-0.4, -0.2) is 45.1 Å². The Morgan fingerprint density at radius 1 is 1.00 bits per heavy atom. The minimum atomic E-state index is -0.209. The molecular weight excluding hydrogens is 516 g/mol. The van der Waals surface area contributed by atoms with E-state index in [1.165, 1.54) is 5.69 Å². The molecule has 7 nitrogen and oxygen atoms in total. The van der Waals surface area contributed by atoms with E-state index in [-0.39, 0.29) is 24.5 Å². The summed E-state index contributed by atoms with van der Waals surface area (Å²) in [5.41, 5.74) is 7.30. The number of carbonyl (C=O) groups excluding carboxylic acids is 1. The van der Waals surface area contributed by atoms with Gasteiger partial charge in [0, 0.05) is 47.7 Å². The van der Waals surface area contributed by atoms with Crippen LogP contribution < -0.4 is 15.5 Å². The number of aromatic nitrogens is 2. The molecule has 0 radical (unpaired) electrons. The molecule has 1 amide bonds. The standard InChI is InChI=1S/C32H36N6OS/c1-5-36(6-2)25-15-17-26(18-16-25)38-22(3)20-27(23(38)4)31-30(28-14-10-11-19-33-28)35-32(40)37(31)21-29(39)34-24-12-8-7-9-13-24/h7-20,30-31H,5-6,21H2,1-4H3,(H,34,39)(H,35,40)/t30-,31-/m1/s1. The number of nitrogens with zero attached hydrogens (tertiary/aromatic N) is 4. The highest BCUT2D eigenvalue weighted by molar-refractivity contribution is 7.80. The Bertz CT molecular complexity index is 1460. The van der Waals surface area contributed by atoms with Crippen molar-refractivity contribution in [2.45, 2.75) is 39.8 Å². The lowest BCUT2D eigenvalue weighted by atomic mass is 9.96. The zero-order valence-corrected chi connectivity index (χ0v) is 24.3. The van der Waals surface area contributed by atoms with Gasteiger partial charge < -0.3 is 25.0 Å². The monoisotopic (exact) mass is 552 g/mol. The van der Waals surface area contributed by atoms with E-state index in [1.807, 2.05) is 53.4 Å². The summed E-state index contributed by atoms with van der Waals surface area (Å²) in [7, 11) is 0. The Labute approximate surface area is 241 Å². The highest BCUT2D eigenvalue weighted by atomic mass is 32.1. The molecular formula is C32H36N6OS. The molecule has 0 spiro atoms. The molecule has 2 aromatic heterocycles. The third-order valence-corrected chi connectivity index (χ3v) is 7.95. The van der Waals surface area contributed by atoms with Gasteiger partial charge in [-0.25, -0.2) is 0 Å². The summed E-state index contributed by atoms with van der Waals surface area (Å²) in [5.74, 6) is -0.122. The van der Waals surface area contributed by atoms with Crippen LogP contribution in [0.15, 0.2) is 85.1 Å². The van der Waals surface area contributed by atoms with Crippen LogP contribution in [0.2, 0.25) is 0 Å². The van der Waals surface area contributed by atoms with Gasteiger partial charge in [0.1, 0.15) is 6.54 Å². The third kappa shape index (κ3) is 5.45. The first kappa shape index (κ1) is 27.4. The molecule has 1 aliphatic rings. The smallest absolute Gasteiger partial charge is 0.244 e. The molecule has 4 aromatic rings. The number of hydrogen-bond acceptors (Lipinski definition) is 4. The Morgan fingerprint density at radius 2 is 1.70 bits per heavy atom. The minimum absolute atomic E-state index is 0.122. The molecule has 1 aliphatic heterocycles. The predicted octanol–water partition coefficient (Wildman–Crippen LogP) is 5.95. The van der Waals surface area contributed by atoms with Gasteiger partial charge in [0.05, 0.1) is 17.8 Å². The lowest BCUT2D eigenvalue weighted by molar-refractivity contribution is -0.116. The van der Waals surface area contributed by atoms with Crippen molar-refractivity contribution in [3.8, 4) is 5.69 Å². The number of nitrogens with one attached hydrogen (secondary N) is 2. The van der Waals surface area contributed by atoms with Gasteiger partial charge in [-0.3, -0.25) is 9.78 Å². The van der Waals surface area contributed by atoms with Gasteiger partial charge in [-0.15, -0.1) is 0 Å². The van der Waals surface area contributed by atoms with Crippen LogP contribution in [0.4, 0.5) is 11.4 Å². The highest BCUT2D eigenvalue weighted by Crippen LogP contribution is 2.41. The summed E-state index contributed by atoms with van der Waals surface area (Å²) >= 11 is 5.81. The summed E-state index contributed by atoms with van der Waals surface area (Å²) in [5, 5.41) is 7.01. The van der Waals surface area contributed by atoms with E-state index in [2.05, 4.69) is 83.1 Å². The highest BCUT2D eigenvalue weighted by Gasteiger charge is 2.42. The van der Waals surface area contributed by atoms with Crippen molar-refractivity contribution in [1.29, 1.82) is 0 Å². The molecule has 8 heteroatoms. The number of carbonyl (C=O) groups is 1. The number of para-hydroxylation sites is 1. The molecule has 3 heterocycles. The molecule has 1 fully saturated rings. The lowest BCUT2D eigenvalue weighted by Gasteiger charge is -2.27. The van der Waals surface area contributed by atoms with Crippen molar-refractivity contribution in [3.05, 3.63) is 108 Å². The van der Waals surface area contributed by atoms with Crippen LogP contribution >= 0.6 is 12.2 Å². The molecule has 2 N–H and O–H groups in total. The fourth-order valence-corrected chi connectivity index (χ4v) is 5.98. The normalized spacial score (nSPS) is 16.6. The van der Waals surface area contributed by atoms with E-state index in [4.69, 9.17) is 12.2 Å². The number of hydrogen-bond donors (Lipinski definition) is 2. The molecule has 1 saturated heterocycles. The van der Waals surface area contributed by atoms with Gasteiger partial charge >= 0.3 is 0 Å². The molecule has 2 aromatic carbocycles. The van der Waals surface area contributed by atoms with Gasteiger partial charge in [0.25, 0.3) is 0 Å². The first-order valence-corrected chi connectivity index (χ1v) is 14.2. The lowest BCUT2D eigenvalue weighted by Crippen LogP contribution is -2.37. The molecule has 0 bridgehead atoms. The SMILES string of the molecule is CCN(CC)c1ccc(-n2c(C)cc([C@@H]3[C@@H](c4ccccn4)NC(=S)N3CC(=O)Nc3ccccc3)c2C)cc1. The van der Waals surface area contributed by atoms with Gasteiger partial charge in [-0.1, -0.05) is 24.3 Å². The van der Waals surface area contributed by atoms with Crippen LogP contribution in [0, 0.1) is 13.8 Å². The average molecular weight is 553 g/mol. The predicted molar refractivity (Wildman–Crippen MR) is 166 cm³/mol. The Balaban J connectivity index is 1.51. The summed E-state index contributed by atoms with van der Waals surface area (Å²) in [6, 6.07) is 25.9. The van der Waals surface area contributed by atoms with Crippen molar-refractivity contribution in [1.82, 2.24) is 19.8 Å². The van der Waals surface area contributed by atoms with Crippen molar-refractivity contribution >= 4 is 34.6 Å². The first-order chi connectivity index (χ1) is 19.4. The van der Waals surface area contributed by atoms with Gasteiger partial charge in [0.15, 0.2) is 5.11 Å². The fourth-order valence-electron chi connectivity index (χ4n) is 5.68. The van der Waals surface area contributed by atoms with Crippen LogP contribution in [0.5, 0.6) is 0 Å². The maximum absolute atomic E-state index is 13.2. The zero-order chi connectivity index (χ0) is 28.2. The van der Waals surface area contributed by atoms with Crippen LogP contribution in [-0.2, 0) is 4.79 Å². The Kier molecular flexibility index (Phi) is 8.16. The maximum Gasteiger partial charge on any atom is 0.244 e. The van der Waals surface area contributed by atoms with Gasteiger partial charge in [-0.2, -0.15) is 0 Å². The fraction of sp³-hybridized carbons (Fsp3) is 0.281. The minimum Gasteiger partial charge on any atom is -0.372 e. The van der Waals surface area contributed by atoms with E-state index in [0.29, 0.717) is 5.11 Å². The molecule has 40 heavy (non-hydrogen) atoms. The summed E-state index contributed by atoms with van der Waals surface area (Å²) in [6.07, 6.45) is 1.79. The number of thiocarbonyl (C=S) groups is 1. The third-order valence-electron chi connectivity index (χ3n) is 7.59. The number of rotatable bonds is 9. The molecule has 0 aliphatic carbocycles. The summed E-state index contributed by atoms with van der Waals surface area (Å²) < 4.78 is 2.28. The number of anilines is 2. The molecule has 0 saturated carbocycles. The molecule has 2 atom stereocenters. The van der Waals surface area contributed by atoms with Crippen LogP contribution in [0.1, 0.15) is 48.6 Å². The maximum atomic E-state index is 13.2. The van der Waals surface area contributed by atoms with Crippen molar-refractivity contribution in [2.24, 2.45) is 0 Å². The molecule has 206 valence electrons. The quantitative estimate of drug-likeness (QED) is 0.250.